The largest absolute Gasteiger partial charge is 0.317 e. The summed E-state index contributed by atoms with van der Waals surface area (Å²) in [5, 5.41) is 12.1. The van der Waals surface area contributed by atoms with Crippen LogP contribution in [-0.4, -0.2) is 37.6 Å². The number of likely N-dealkylation sites (N-methyl/N-ethyl adjacent to an activating group) is 1. The Bertz CT molecular complexity index is 539. The molecule has 2 aromatic heterocycles. The van der Waals surface area contributed by atoms with Gasteiger partial charge < -0.3 is 5.32 Å². The third kappa shape index (κ3) is 3.01. The molecular weight excluding hydrogens is 240 g/mol. The lowest BCUT2D eigenvalue weighted by Crippen LogP contribution is -2.16. The second kappa shape index (κ2) is 5.97. The molecular formula is C13H22N6. The molecule has 19 heavy (non-hydrogen) atoms. The number of aromatic nitrogens is 5. The van der Waals surface area contributed by atoms with E-state index in [1.807, 2.05) is 11.7 Å². The van der Waals surface area contributed by atoms with E-state index in [0.29, 0.717) is 6.54 Å². The minimum atomic E-state index is 0.671. The monoisotopic (exact) mass is 262 g/mol. The van der Waals surface area contributed by atoms with Crippen LogP contribution in [0.1, 0.15) is 29.7 Å². The summed E-state index contributed by atoms with van der Waals surface area (Å²) in [5.41, 5.74) is 3.67. The van der Waals surface area contributed by atoms with Gasteiger partial charge in [0.05, 0.1) is 5.69 Å². The molecule has 6 heteroatoms. The summed E-state index contributed by atoms with van der Waals surface area (Å²) >= 11 is 0. The molecule has 2 rings (SSSR count). The van der Waals surface area contributed by atoms with Gasteiger partial charge in [0.1, 0.15) is 18.7 Å². The number of nitrogens with one attached hydrogen (secondary N) is 1. The zero-order chi connectivity index (χ0) is 13.8. The molecule has 0 radical (unpaired) electrons. The fourth-order valence-electron chi connectivity index (χ4n) is 2.24. The van der Waals surface area contributed by atoms with E-state index in [9.17, 15) is 0 Å². The van der Waals surface area contributed by atoms with Crippen molar-refractivity contribution in [2.24, 2.45) is 7.05 Å². The molecule has 0 aliphatic heterocycles. The maximum Gasteiger partial charge on any atom is 0.148 e. The van der Waals surface area contributed by atoms with Gasteiger partial charge in [0.25, 0.3) is 0 Å². The van der Waals surface area contributed by atoms with Crippen LogP contribution >= 0.6 is 0 Å². The van der Waals surface area contributed by atoms with Crippen molar-refractivity contribution in [3.63, 3.8) is 0 Å². The Morgan fingerprint density at radius 1 is 1.32 bits per heavy atom. The van der Waals surface area contributed by atoms with Gasteiger partial charge in [0, 0.05) is 12.7 Å². The average molecular weight is 262 g/mol. The molecule has 1 N–H and O–H groups in total. The van der Waals surface area contributed by atoms with E-state index in [4.69, 9.17) is 0 Å². The molecule has 0 amide bonds. The molecule has 0 unspecified atom stereocenters. The van der Waals surface area contributed by atoms with Crippen molar-refractivity contribution in [2.75, 3.05) is 13.1 Å². The van der Waals surface area contributed by atoms with Crippen LogP contribution in [0.2, 0.25) is 0 Å². The Morgan fingerprint density at radius 2 is 2.11 bits per heavy atom. The van der Waals surface area contributed by atoms with Crippen molar-refractivity contribution in [1.29, 1.82) is 0 Å². The topological polar surface area (TPSA) is 60.6 Å². The van der Waals surface area contributed by atoms with Crippen molar-refractivity contribution in [3.8, 4) is 0 Å². The first-order valence-corrected chi connectivity index (χ1v) is 6.70. The van der Waals surface area contributed by atoms with Crippen LogP contribution in [0.15, 0.2) is 6.33 Å². The first-order chi connectivity index (χ1) is 9.13. The van der Waals surface area contributed by atoms with Gasteiger partial charge in [-0.25, -0.2) is 4.98 Å². The lowest BCUT2D eigenvalue weighted by molar-refractivity contribution is 0.592. The molecule has 2 aromatic rings. The summed E-state index contributed by atoms with van der Waals surface area (Å²) in [6.07, 6.45) is 2.59. The van der Waals surface area contributed by atoms with E-state index in [1.165, 1.54) is 11.3 Å². The van der Waals surface area contributed by atoms with Crippen LogP contribution in [0.4, 0.5) is 0 Å². The lowest BCUT2D eigenvalue weighted by atomic mass is 10.1. The summed E-state index contributed by atoms with van der Waals surface area (Å²) in [6, 6.07) is 0. The molecule has 0 fully saturated rings. The minimum Gasteiger partial charge on any atom is -0.317 e. The second-order valence-corrected chi connectivity index (χ2v) is 4.71. The highest BCUT2D eigenvalue weighted by atomic mass is 15.4. The standard InChI is InChI=1S/C13H22N6/c1-5-14-7-6-12-10(2)17-19(11(12)3)8-13-15-9-16-18(13)4/h9,14H,5-8H2,1-4H3. The summed E-state index contributed by atoms with van der Waals surface area (Å²) in [4.78, 5) is 4.25. The molecule has 0 aliphatic carbocycles. The normalized spacial score (nSPS) is 11.2. The smallest absolute Gasteiger partial charge is 0.148 e. The lowest BCUT2D eigenvalue weighted by Gasteiger charge is -2.05. The van der Waals surface area contributed by atoms with Gasteiger partial charge in [-0.3, -0.25) is 9.36 Å². The average Bonchev–Trinajstić information content (AvgIpc) is 2.89. The van der Waals surface area contributed by atoms with Gasteiger partial charge in [-0.15, -0.1) is 0 Å². The van der Waals surface area contributed by atoms with Crippen molar-refractivity contribution in [2.45, 2.75) is 33.7 Å². The predicted octanol–water partition coefficient (Wildman–Crippen LogP) is 0.829. The van der Waals surface area contributed by atoms with E-state index in [2.05, 4.69) is 41.3 Å². The van der Waals surface area contributed by atoms with Crippen LogP contribution in [0.5, 0.6) is 0 Å². The summed E-state index contributed by atoms with van der Waals surface area (Å²) < 4.78 is 3.80. The highest BCUT2D eigenvalue weighted by Gasteiger charge is 2.12. The van der Waals surface area contributed by atoms with Gasteiger partial charge in [-0.2, -0.15) is 10.2 Å². The van der Waals surface area contributed by atoms with Gasteiger partial charge in [-0.05, 0) is 38.9 Å². The first kappa shape index (κ1) is 13.7. The van der Waals surface area contributed by atoms with E-state index in [1.54, 1.807) is 11.0 Å². The molecule has 0 atom stereocenters. The zero-order valence-electron chi connectivity index (χ0n) is 12.1. The van der Waals surface area contributed by atoms with Gasteiger partial charge in [-0.1, -0.05) is 6.92 Å². The summed E-state index contributed by atoms with van der Waals surface area (Å²) in [5.74, 6) is 0.920. The quantitative estimate of drug-likeness (QED) is 0.783. The van der Waals surface area contributed by atoms with Crippen molar-refractivity contribution in [1.82, 2.24) is 29.9 Å². The maximum atomic E-state index is 4.61. The molecule has 0 saturated heterocycles. The van der Waals surface area contributed by atoms with Gasteiger partial charge >= 0.3 is 0 Å². The second-order valence-electron chi connectivity index (χ2n) is 4.71. The number of hydrogen-bond donors (Lipinski definition) is 1. The van der Waals surface area contributed by atoms with Crippen molar-refractivity contribution >= 4 is 0 Å². The molecule has 104 valence electrons. The van der Waals surface area contributed by atoms with E-state index >= 15 is 0 Å². The Balaban J connectivity index is 2.14. The maximum absolute atomic E-state index is 4.61. The summed E-state index contributed by atoms with van der Waals surface area (Å²) in [7, 11) is 1.90. The molecule has 0 aliphatic rings. The van der Waals surface area contributed by atoms with Crippen LogP contribution in [0.25, 0.3) is 0 Å². The van der Waals surface area contributed by atoms with E-state index < -0.39 is 0 Å². The number of nitrogens with zero attached hydrogens (tertiary/aromatic N) is 5. The molecule has 2 heterocycles. The fourth-order valence-corrected chi connectivity index (χ4v) is 2.24. The van der Waals surface area contributed by atoms with Crippen LogP contribution in [-0.2, 0) is 20.0 Å². The Morgan fingerprint density at radius 3 is 2.74 bits per heavy atom. The number of rotatable bonds is 6. The minimum absolute atomic E-state index is 0.671. The van der Waals surface area contributed by atoms with E-state index in [-0.39, 0.29) is 0 Å². The van der Waals surface area contributed by atoms with Crippen molar-refractivity contribution < 1.29 is 0 Å². The highest BCUT2D eigenvalue weighted by Crippen LogP contribution is 2.14. The van der Waals surface area contributed by atoms with E-state index in [0.717, 1.165) is 31.0 Å². The molecule has 0 spiro atoms. The van der Waals surface area contributed by atoms with Crippen molar-refractivity contribution in [3.05, 3.63) is 29.1 Å². The Kier molecular flexibility index (Phi) is 4.31. The highest BCUT2D eigenvalue weighted by molar-refractivity contribution is 5.25. The predicted molar refractivity (Wildman–Crippen MR) is 74.1 cm³/mol. The van der Waals surface area contributed by atoms with Gasteiger partial charge in [0.2, 0.25) is 0 Å². The van der Waals surface area contributed by atoms with Crippen LogP contribution in [0, 0.1) is 13.8 Å². The first-order valence-electron chi connectivity index (χ1n) is 6.70. The Hall–Kier alpha value is -1.69. The Labute approximate surface area is 113 Å². The third-order valence-electron chi connectivity index (χ3n) is 3.43. The van der Waals surface area contributed by atoms with Gasteiger partial charge in [0.15, 0.2) is 0 Å². The molecule has 0 saturated carbocycles. The molecule has 6 nitrogen and oxygen atoms in total. The van der Waals surface area contributed by atoms with Crippen LogP contribution in [0.3, 0.4) is 0 Å². The summed E-state index contributed by atoms with van der Waals surface area (Å²) in [6.45, 7) is 8.99. The SMILES string of the molecule is CCNCCc1c(C)nn(Cc2ncnn2C)c1C. The fraction of sp³-hybridized carbons (Fsp3) is 0.615. The van der Waals surface area contributed by atoms with Crippen LogP contribution < -0.4 is 5.32 Å². The molecule has 0 aromatic carbocycles. The number of hydrogen-bond acceptors (Lipinski definition) is 4. The molecule has 0 bridgehead atoms. The third-order valence-corrected chi connectivity index (χ3v) is 3.43. The zero-order valence-corrected chi connectivity index (χ0v) is 12.1. The number of aryl methyl sites for hydroxylation is 2.